The van der Waals surface area contributed by atoms with Crippen molar-refractivity contribution < 1.29 is 18.3 Å². The summed E-state index contributed by atoms with van der Waals surface area (Å²) in [6.07, 6.45) is 1.01. The number of carbonyl (C=O) groups is 1. The first-order chi connectivity index (χ1) is 11.5. The van der Waals surface area contributed by atoms with Crippen molar-refractivity contribution >= 4 is 27.3 Å². The Bertz CT molecular complexity index is 828. The second kappa shape index (κ2) is 7.02. The average Bonchev–Trinajstić information content (AvgIpc) is 3.02. The minimum atomic E-state index is -3.62. The molecule has 8 heteroatoms. The van der Waals surface area contributed by atoms with Crippen molar-refractivity contribution in [3.63, 3.8) is 0 Å². The number of sulfonamides is 1. The molecule has 0 saturated carbocycles. The number of benzene rings is 1. The first kappa shape index (κ1) is 17.1. The number of carboxylic acids is 1. The molecule has 0 unspecified atom stereocenters. The Hall–Kier alpha value is -1.74. The molecule has 1 aromatic heterocycles. The van der Waals surface area contributed by atoms with E-state index < -0.39 is 16.0 Å². The normalized spacial score (nSPS) is 15.2. The van der Waals surface area contributed by atoms with E-state index in [0.717, 1.165) is 19.5 Å². The lowest BCUT2D eigenvalue weighted by Gasteiger charge is -2.26. The molecular formula is C16H18N2O4S2. The van der Waals surface area contributed by atoms with Gasteiger partial charge in [0, 0.05) is 31.1 Å². The Kier molecular flexibility index (Phi) is 5.00. The van der Waals surface area contributed by atoms with Crippen LogP contribution in [0.2, 0.25) is 0 Å². The number of fused-ring (bicyclic) bond motifs is 1. The monoisotopic (exact) mass is 366 g/mol. The third kappa shape index (κ3) is 3.84. The second-order valence-electron chi connectivity index (χ2n) is 5.62. The first-order valence-electron chi connectivity index (χ1n) is 7.56. The van der Waals surface area contributed by atoms with Crippen molar-refractivity contribution in [2.24, 2.45) is 0 Å². The smallest absolute Gasteiger partial charge is 0.335 e. The van der Waals surface area contributed by atoms with Gasteiger partial charge in [-0.25, -0.2) is 17.9 Å². The van der Waals surface area contributed by atoms with Crippen LogP contribution in [0.25, 0.3) is 0 Å². The van der Waals surface area contributed by atoms with Crippen molar-refractivity contribution in [1.82, 2.24) is 9.62 Å². The number of rotatable bonds is 6. The molecular weight excluding hydrogens is 348 g/mol. The maximum absolute atomic E-state index is 12.2. The molecule has 24 heavy (non-hydrogen) atoms. The number of nitrogens with one attached hydrogen (secondary N) is 1. The fraction of sp³-hybridized carbons (Fsp3) is 0.312. The van der Waals surface area contributed by atoms with Gasteiger partial charge in [-0.3, -0.25) is 4.90 Å². The van der Waals surface area contributed by atoms with Gasteiger partial charge in [0.05, 0.1) is 10.5 Å². The minimum Gasteiger partial charge on any atom is -0.478 e. The number of hydrogen-bond acceptors (Lipinski definition) is 5. The molecule has 0 amide bonds. The quantitative estimate of drug-likeness (QED) is 0.814. The van der Waals surface area contributed by atoms with Crippen LogP contribution in [-0.4, -0.2) is 44.0 Å². The molecule has 2 N–H and O–H groups in total. The van der Waals surface area contributed by atoms with E-state index in [9.17, 15) is 13.2 Å². The van der Waals surface area contributed by atoms with Gasteiger partial charge in [-0.2, -0.15) is 0 Å². The highest BCUT2D eigenvalue weighted by molar-refractivity contribution is 7.89. The van der Waals surface area contributed by atoms with E-state index in [0.29, 0.717) is 13.1 Å². The molecule has 0 atom stereocenters. The molecule has 3 rings (SSSR count). The summed E-state index contributed by atoms with van der Waals surface area (Å²) in [6.45, 7) is 2.75. The highest BCUT2D eigenvalue weighted by Gasteiger charge is 2.18. The van der Waals surface area contributed by atoms with Crippen molar-refractivity contribution in [3.05, 3.63) is 51.7 Å². The third-order valence-electron chi connectivity index (χ3n) is 4.02. The van der Waals surface area contributed by atoms with Crippen LogP contribution in [0, 0.1) is 0 Å². The Morgan fingerprint density at radius 3 is 2.71 bits per heavy atom. The SMILES string of the molecule is O=C(O)c1ccc(S(=O)(=O)NCCN2CCc3sccc3C2)cc1. The first-order valence-corrected chi connectivity index (χ1v) is 9.92. The zero-order valence-corrected chi connectivity index (χ0v) is 14.6. The average molecular weight is 366 g/mol. The summed E-state index contributed by atoms with van der Waals surface area (Å²) in [5.74, 6) is -1.08. The number of aromatic carboxylic acids is 1. The van der Waals surface area contributed by atoms with Crippen LogP contribution in [0.3, 0.4) is 0 Å². The van der Waals surface area contributed by atoms with Crippen molar-refractivity contribution in [3.8, 4) is 0 Å². The van der Waals surface area contributed by atoms with E-state index in [4.69, 9.17) is 5.11 Å². The lowest BCUT2D eigenvalue weighted by molar-refractivity contribution is 0.0696. The molecule has 0 saturated heterocycles. The van der Waals surface area contributed by atoms with Gasteiger partial charge in [0.1, 0.15) is 0 Å². The topological polar surface area (TPSA) is 86.7 Å². The largest absolute Gasteiger partial charge is 0.478 e. The Morgan fingerprint density at radius 1 is 1.25 bits per heavy atom. The summed E-state index contributed by atoms with van der Waals surface area (Å²) in [7, 11) is -3.62. The third-order valence-corrected chi connectivity index (χ3v) is 6.52. The lowest BCUT2D eigenvalue weighted by atomic mass is 10.1. The molecule has 1 aliphatic heterocycles. The summed E-state index contributed by atoms with van der Waals surface area (Å²) < 4.78 is 27.0. The minimum absolute atomic E-state index is 0.0637. The number of thiophene rings is 1. The van der Waals surface area contributed by atoms with Crippen molar-refractivity contribution in [1.29, 1.82) is 0 Å². The molecule has 0 bridgehead atoms. The molecule has 2 heterocycles. The van der Waals surface area contributed by atoms with Gasteiger partial charge < -0.3 is 5.11 Å². The van der Waals surface area contributed by atoms with Gasteiger partial charge in [-0.1, -0.05) is 0 Å². The fourth-order valence-electron chi connectivity index (χ4n) is 2.70. The van der Waals surface area contributed by atoms with Gasteiger partial charge in [-0.05, 0) is 47.7 Å². The second-order valence-corrected chi connectivity index (χ2v) is 8.39. The Labute approximate surface area is 144 Å². The highest BCUT2D eigenvalue weighted by Crippen LogP contribution is 2.23. The zero-order chi connectivity index (χ0) is 17.2. The Morgan fingerprint density at radius 2 is 2.00 bits per heavy atom. The molecule has 0 fully saturated rings. The highest BCUT2D eigenvalue weighted by atomic mass is 32.2. The van der Waals surface area contributed by atoms with Gasteiger partial charge >= 0.3 is 5.97 Å². The predicted octanol–water partition coefficient (Wildman–Crippen LogP) is 1.78. The molecule has 0 spiro atoms. The molecule has 0 radical (unpaired) electrons. The van der Waals surface area contributed by atoms with E-state index in [1.807, 2.05) is 0 Å². The summed E-state index contributed by atoms with van der Waals surface area (Å²) in [6, 6.07) is 7.33. The van der Waals surface area contributed by atoms with Crippen LogP contribution < -0.4 is 4.72 Å². The molecule has 1 aliphatic rings. The number of hydrogen-bond donors (Lipinski definition) is 2. The van der Waals surface area contributed by atoms with Gasteiger partial charge in [0.25, 0.3) is 0 Å². The van der Waals surface area contributed by atoms with E-state index in [-0.39, 0.29) is 10.5 Å². The molecule has 1 aromatic carbocycles. The molecule has 6 nitrogen and oxygen atoms in total. The number of nitrogens with zero attached hydrogens (tertiary/aromatic N) is 1. The van der Waals surface area contributed by atoms with Gasteiger partial charge in [0.2, 0.25) is 10.0 Å². The maximum atomic E-state index is 12.2. The molecule has 128 valence electrons. The summed E-state index contributed by atoms with van der Waals surface area (Å²) in [5.41, 5.74) is 1.40. The van der Waals surface area contributed by atoms with Crippen LogP contribution in [0.15, 0.2) is 40.6 Å². The molecule has 0 aliphatic carbocycles. The summed E-state index contributed by atoms with van der Waals surface area (Å²) in [4.78, 5) is 14.5. The van der Waals surface area contributed by atoms with E-state index >= 15 is 0 Å². The zero-order valence-electron chi connectivity index (χ0n) is 12.9. The van der Waals surface area contributed by atoms with Crippen LogP contribution in [-0.2, 0) is 23.0 Å². The molecule has 2 aromatic rings. The summed E-state index contributed by atoms with van der Waals surface area (Å²) >= 11 is 1.78. The van der Waals surface area contributed by atoms with E-state index in [1.165, 1.54) is 34.7 Å². The van der Waals surface area contributed by atoms with Crippen molar-refractivity contribution in [2.75, 3.05) is 19.6 Å². The predicted molar refractivity (Wildman–Crippen MR) is 91.9 cm³/mol. The van der Waals surface area contributed by atoms with E-state index in [2.05, 4.69) is 21.1 Å². The Balaban J connectivity index is 1.55. The van der Waals surface area contributed by atoms with Crippen LogP contribution in [0.1, 0.15) is 20.8 Å². The standard InChI is InChI=1S/C16H18N2O4S2/c19-16(20)12-1-3-14(4-2-12)24(21,22)17-7-9-18-8-5-15-13(11-18)6-10-23-15/h1-4,6,10,17H,5,7-9,11H2,(H,19,20). The van der Waals surface area contributed by atoms with Crippen LogP contribution in [0.4, 0.5) is 0 Å². The van der Waals surface area contributed by atoms with Crippen molar-refractivity contribution in [2.45, 2.75) is 17.9 Å². The maximum Gasteiger partial charge on any atom is 0.335 e. The van der Waals surface area contributed by atoms with Gasteiger partial charge in [0.15, 0.2) is 0 Å². The fourth-order valence-corrected chi connectivity index (χ4v) is 4.61. The number of carboxylic acid groups (broad SMARTS) is 1. The lowest BCUT2D eigenvalue weighted by Crippen LogP contribution is -2.37. The van der Waals surface area contributed by atoms with Crippen LogP contribution >= 0.6 is 11.3 Å². The van der Waals surface area contributed by atoms with Crippen LogP contribution in [0.5, 0.6) is 0 Å². The van der Waals surface area contributed by atoms with E-state index in [1.54, 1.807) is 11.3 Å². The van der Waals surface area contributed by atoms with Gasteiger partial charge in [-0.15, -0.1) is 11.3 Å². The summed E-state index contributed by atoms with van der Waals surface area (Å²) in [5, 5.41) is 10.9.